The maximum absolute atomic E-state index is 11.2. The Kier molecular flexibility index (Phi) is 4.35. The summed E-state index contributed by atoms with van der Waals surface area (Å²) in [6.07, 6.45) is 1.11. The number of anilines is 1. The Labute approximate surface area is 97.0 Å². The van der Waals surface area contributed by atoms with E-state index in [0.717, 1.165) is 24.2 Å². The largest absolute Gasteiger partial charge is 0.385 e. The van der Waals surface area contributed by atoms with Crippen LogP contribution < -0.4 is 11.1 Å². The highest BCUT2D eigenvalue weighted by molar-refractivity contribution is 5.95. The average Bonchev–Trinajstić information content (AvgIpc) is 2.19. The first-order chi connectivity index (χ1) is 7.52. The predicted molar refractivity (Wildman–Crippen MR) is 67.6 cm³/mol. The van der Waals surface area contributed by atoms with Crippen molar-refractivity contribution in [3.8, 4) is 0 Å². The molecule has 0 aliphatic heterocycles. The molecule has 0 aliphatic carbocycles. The summed E-state index contributed by atoms with van der Waals surface area (Å²) < 4.78 is 0. The highest BCUT2D eigenvalue weighted by Gasteiger charge is 2.07. The minimum absolute atomic E-state index is 0.370. The maximum Gasteiger partial charge on any atom is 0.249 e. The zero-order chi connectivity index (χ0) is 12.1. The summed E-state index contributed by atoms with van der Waals surface area (Å²) in [6.45, 7) is 7.21. The van der Waals surface area contributed by atoms with Gasteiger partial charge in [0.1, 0.15) is 0 Å². The third-order valence-corrected chi connectivity index (χ3v) is 2.64. The fraction of sp³-hybridized carbons (Fsp3) is 0.462. The Bertz CT molecular complexity index is 372. The highest BCUT2D eigenvalue weighted by Crippen LogP contribution is 2.18. The molecular weight excluding hydrogens is 200 g/mol. The van der Waals surface area contributed by atoms with Gasteiger partial charge in [-0.05, 0) is 37.0 Å². The summed E-state index contributed by atoms with van der Waals surface area (Å²) in [5, 5.41) is 3.33. The second-order valence-electron chi connectivity index (χ2n) is 4.45. The van der Waals surface area contributed by atoms with Gasteiger partial charge in [-0.2, -0.15) is 0 Å². The zero-order valence-electron chi connectivity index (χ0n) is 10.2. The van der Waals surface area contributed by atoms with Crippen LogP contribution >= 0.6 is 0 Å². The molecule has 3 N–H and O–H groups in total. The first-order valence-corrected chi connectivity index (χ1v) is 5.65. The van der Waals surface area contributed by atoms with Gasteiger partial charge in [-0.25, -0.2) is 0 Å². The Morgan fingerprint density at radius 3 is 2.69 bits per heavy atom. The fourth-order valence-electron chi connectivity index (χ4n) is 1.59. The van der Waals surface area contributed by atoms with Crippen molar-refractivity contribution in [3.05, 3.63) is 29.3 Å². The van der Waals surface area contributed by atoms with E-state index in [2.05, 4.69) is 19.2 Å². The molecule has 3 heteroatoms. The van der Waals surface area contributed by atoms with Gasteiger partial charge in [-0.15, -0.1) is 0 Å². The molecule has 88 valence electrons. The van der Waals surface area contributed by atoms with Gasteiger partial charge in [-0.3, -0.25) is 4.79 Å². The first kappa shape index (κ1) is 12.6. The quantitative estimate of drug-likeness (QED) is 0.801. The molecule has 1 amide bonds. The summed E-state index contributed by atoms with van der Waals surface area (Å²) in [7, 11) is 0. The predicted octanol–water partition coefficient (Wildman–Crippen LogP) is 2.55. The van der Waals surface area contributed by atoms with Crippen molar-refractivity contribution in [3.63, 3.8) is 0 Å². The maximum atomic E-state index is 11.2. The van der Waals surface area contributed by atoms with Crippen LogP contribution in [0.3, 0.4) is 0 Å². The van der Waals surface area contributed by atoms with Gasteiger partial charge >= 0.3 is 0 Å². The number of benzene rings is 1. The topological polar surface area (TPSA) is 55.1 Å². The van der Waals surface area contributed by atoms with Crippen LogP contribution in [0.1, 0.15) is 36.2 Å². The minimum Gasteiger partial charge on any atom is -0.385 e. The van der Waals surface area contributed by atoms with E-state index in [1.807, 2.05) is 19.1 Å². The smallest absolute Gasteiger partial charge is 0.249 e. The van der Waals surface area contributed by atoms with E-state index in [1.165, 1.54) is 0 Å². The number of hydrogen-bond acceptors (Lipinski definition) is 2. The molecule has 0 heterocycles. The van der Waals surface area contributed by atoms with Gasteiger partial charge in [0.25, 0.3) is 0 Å². The molecule has 3 nitrogen and oxygen atoms in total. The van der Waals surface area contributed by atoms with Crippen molar-refractivity contribution < 1.29 is 4.79 Å². The number of nitrogens with one attached hydrogen (secondary N) is 1. The van der Waals surface area contributed by atoms with Gasteiger partial charge in [0.15, 0.2) is 0 Å². The lowest BCUT2D eigenvalue weighted by atomic mass is 10.1. The van der Waals surface area contributed by atoms with Crippen LogP contribution in [0.5, 0.6) is 0 Å². The summed E-state index contributed by atoms with van der Waals surface area (Å²) in [4.78, 5) is 11.2. The van der Waals surface area contributed by atoms with Crippen molar-refractivity contribution in [1.29, 1.82) is 0 Å². The van der Waals surface area contributed by atoms with Crippen LogP contribution in [0.25, 0.3) is 0 Å². The van der Waals surface area contributed by atoms with Crippen molar-refractivity contribution in [1.82, 2.24) is 0 Å². The van der Waals surface area contributed by atoms with E-state index in [0.29, 0.717) is 11.5 Å². The molecule has 0 fully saturated rings. The van der Waals surface area contributed by atoms with Gasteiger partial charge in [0, 0.05) is 17.8 Å². The highest BCUT2D eigenvalue weighted by atomic mass is 16.1. The van der Waals surface area contributed by atoms with Crippen molar-refractivity contribution in [2.75, 3.05) is 11.9 Å². The molecular formula is C13H20N2O. The van der Waals surface area contributed by atoms with Crippen molar-refractivity contribution in [2.45, 2.75) is 27.2 Å². The average molecular weight is 220 g/mol. The Balaban J connectivity index is 2.73. The van der Waals surface area contributed by atoms with Gasteiger partial charge in [0.05, 0.1) is 0 Å². The number of primary amides is 1. The van der Waals surface area contributed by atoms with Crippen LogP contribution in [0.4, 0.5) is 5.69 Å². The standard InChI is InChI=1S/C13H20N2O/c1-9(2)7-8-15-12-6-4-5-11(10(12)3)13(14)16/h4-6,9,15H,7-8H2,1-3H3,(H2,14,16). The Hall–Kier alpha value is -1.51. The van der Waals surface area contributed by atoms with E-state index in [9.17, 15) is 4.79 Å². The van der Waals surface area contributed by atoms with E-state index < -0.39 is 0 Å². The third-order valence-electron chi connectivity index (χ3n) is 2.64. The Morgan fingerprint density at radius 1 is 1.44 bits per heavy atom. The molecule has 16 heavy (non-hydrogen) atoms. The van der Waals surface area contributed by atoms with E-state index in [1.54, 1.807) is 6.07 Å². The molecule has 0 bridgehead atoms. The SMILES string of the molecule is Cc1c(NCCC(C)C)cccc1C(N)=O. The van der Waals surface area contributed by atoms with Crippen LogP contribution in [0.2, 0.25) is 0 Å². The molecule has 0 unspecified atom stereocenters. The van der Waals surface area contributed by atoms with Crippen LogP contribution in [-0.4, -0.2) is 12.5 Å². The molecule has 0 atom stereocenters. The molecule has 0 saturated heterocycles. The zero-order valence-corrected chi connectivity index (χ0v) is 10.2. The molecule has 0 saturated carbocycles. The van der Waals surface area contributed by atoms with Gasteiger partial charge in [-0.1, -0.05) is 19.9 Å². The van der Waals surface area contributed by atoms with E-state index >= 15 is 0 Å². The first-order valence-electron chi connectivity index (χ1n) is 5.65. The van der Waals surface area contributed by atoms with Gasteiger partial charge < -0.3 is 11.1 Å². The summed E-state index contributed by atoms with van der Waals surface area (Å²) >= 11 is 0. The lowest BCUT2D eigenvalue weighted by Gasteiger charge is -2.12. The van der Waals surface area contributed by atoms with Crippen molar-refractivity contribution >= 4 is 11.6 Å². The lowest BCUT2D eigenvalue weighted by molar-refractivity contribution is 0.1000. The summed E-state index contributed by atoms with van der Waals surface area (Å²) in [5.41, 5.74) is 7.81. The number of rotatable bonds is 5. The molecule has 1 aromatic rings. The minimum atomic E-state index is -0.370. The molecule has 0 spiro atoms. The lowest BCUT2D eigenvalue weighted by Crippen LogP contribution is -2.14. The fourth-order valence-corrected chi connectivity index (χ4v) is 1.59. The van der Waals surface area contributed by atoms with Crippen molar-refractivity contribution in [2.24, 2.45) is 11.7 Å². The normalized spacial score (nSPS) is 10.5. The second-order valence-corrected chi connectivity index (χ2v) is 4.45. The molecule has 0 aromatic heterocycles. The van der Waals surface area contributed by atoms with Crippen LogP contribution in [-0.2, 0) is 0 Å². The molecule has 1 aromatic carbocycles. The molecule has 0 aliphatic rings. The molecule has 1 rings (SSSR count). The van der Waals surface area contributed by atoms with Gasteiger partial charge in [0.2, 0.25) is 5.91 Å². The van der Waals surface area contributed by atoms with Crippen LogP contribution in [0.15, 0.2) is 18.2 Å². The Morgan fingerprint density at radius 2 is 2.12 bits per heavy atom. The van der Waals surface area contributed by atoms with E-state index in [-0.39, 0.29) is 5.91 Å². The summed E-state index contributed by atoms with van der Waals surface area (Å²) in [5.74, 6) is 0.303. The number of carbonyl (C=O) groups is 1. The number of amides is 1. The molecule has 0 radical (unpaired) electrons. The number of carbonyl (C=O) groups excluding carboxylic acids is 1. The number of hydrogen-bond donors (Lipinski definition) is 2. The van der Waals surface area contributed by atoms with E-state index in [4.69, 9.17) is 5.73 Å². The van der Waals surface area contributed by atoms with Crippen LogP contribution in [0, 0.1) is 12.8 Å². The summed E-state index contributed by atoms with van der Waals surface area (Å²) in [6, 6.07) is 5.58. The third kappa shape index (κ3) is 3.26. The number of nitrogens with two attached hydrogens (primary N) is 1. The monoisotopic (exact) mass is 220 g/mol. The second kappa shape index (κ2) is 5.54.